The van der Waals surface area contributed by atoms with Gasteiger partial charge in [0.2, 0.25) is 0 Å². The van der Waals surface area contributed by atoms with E-state index in [0.717, 1.165) is 6.07 Å². The fourth-order valence-electron chi connectivity index (χ4n) is 1.39. The molecule has 0 bridgehead atoms. The second-order valence-corrected chi connectivity index (χ2v) is 3.43. The van der Waals surface area contributed by atoms with Gasteiger partial charge in [0.15, 0.2) is 11.6 Å². The Morgan fingerprint density at radius 3 is 2.41 bits per heavy atom. The summed E-state index contributed by atoms with van der Waals surface area (Å²) >= 11 is 0. The summed E-state index contributed by atoms with van der Waals surface area (Å²) in [6, 6.07) is 0.381. The summed E-state index contributed by atoms with van der Waals surface area (Å²) in [6.45, 7) is 0. The van der Waals surface area contributed by atoms with Crippen molar-refractivity contribution in [2.24, 2.45) is 0 Å². The molecule has 6 heteroatoms. The van der Waals surface area contributed by atoms with Gasteiger partial charge >= 0.3 is 5.97 Å². The van der Waals surface area contributed by atoms with Crippen molar-refractivity contribution in [2.45, 2.75) is 12.5 Å². The highest BCUT2D eigenvalue weighted by Crippen LogP contribution is 2.15. The molecular formula is C11H12F3NO2. The topological polar surface area (TPSA) is 38.3 Å². The minimum absolute atomic E-state index is 0.0892. The first-order chi connectivity index (χ1) is 7.99. The lowest BCUT2D eigenvalue weighted by molar-refractivity contribution is -0.142. The van der Waals surface area contributed by atoms with E-state index in [1.807, 2.05) is 0 Å². The van der Waals surface area contributed by atoms with E-state index in [1.165, 1.54) is 14.2 Å². The van der Waals surface area contributed by atoms with Crippen molar-refractivity contribution >= 4 is 5.97 Å². The molecule has 0 aliphatic heterocycles. The normalized spacial score (nSPS) is 12.3. The van der Waals surface area contributed by atoms with Gasteiger partial charge in [-0.3, -0.25) is 4.79 Å². The van der Waals surface area contributed by atoms with Crippen LogP contribution in [0.15, 0.2) is 12.1 Å². The molecular weight excluding hydrogens is 235 g/mol. The summed E-state index contributed by atoms with van der Waals surface area (Å²) in [5.74, 6) is -3.91. The molecule has 0 saturated carbocycles. The van der Waals surface area contributed by atoms with Crippen LogP contribution in [0, 0.1) is 17.5 Å². The van der Waals surface area contributed by atoms with Crippen LogP contribution in [-0.4, -0.2) is 26.2 Å². The Bertz CT molecular complexity index is 423. The Balaban J connectivity index is 2.94. The van der Waals surface area contributed by atoms with E-state index in [-0.39, 0.29) is 12.0 Å². The summed E-state index contributed by atoms with van der Waals surface area (Å²) in [5.41, 5.74) is -0.0892. The molecule has 0 unspecified atom stereocenters. The minimum Gasteiger partial charge on any atom is -0.468 e. The molecule has 1 atom stereocenters. The van der Waals surface area contributed by atoms with Crippen molar-refractivity contribution in [1.82, 2.24) is 5.32 Å². The van der Waals surface area contributed by atoms with Gasteiger partial charge in [-0.25, -0.2) is 13.2 Å². The highest BCUT2D eigenvalue weighted by Gasteiger charge is 2.20. The van der Waals surface area contributed by atoms with Gasteiger partial charge in [-0.2, -0.15) is 0 Å². The number of ether oxygens (including phenoxy) is 1. The number of benzene rings is 1. The molecule has 1 N–H and O–H groups in total. The van der Waals surface area contributed by atoms with Crippen LogP contribution in [0.1, 0.15) is 5.56 Å². The summed E-state index contributed by atoms with van der Waals surface area (Å²) in [5, 5.41) is 2.61. The maximum absolute atomic E-state index is 13.3. The average molecular weight is 247 g/mol. The van der Waals surface area contributed by atoms with Crippen molar-refractivity contribution < 1.29 is 22.7 Å². The summed E-state index contributed by atoms with van der Waals surface area (Å²) in [7, 11) is 2.67. The van der Waals surface area contributed by atoms with Crippen LogP contribution >= 0.6 is 0 Å². The molecule has 1 aromatic rings. The van der Waals surface area contributed by atoms with Crippen LogP contribution in [0.5, 0.6) is 0 Å². The predicted molar refractivity (Wildman–Crippen MR) is 54.9 cm³/mol. The van der Waals surface area contributed by atoms with Gasteiger partial charge < -0.3 is 10.1 Å². The number of rotatable bonds is 4. The third-order valence-corrected chi connectivity index (χ3v) is 2.35. The van der Waals surface area contributed by atoms with Gasteiger partial charge in [-0.1, -0.05) is 0 Å². The fraction of sp³-hybridized carbons (Fsp3) is 0.364. The molecule has 0 aromatic heterocycles. The second-order valence-electron chi connectivity index (χ2n) is 3.43. The number of nitrogens with one attached hydrogen (secondary N) is 1. The Hall–Kier alpha value is -1.56. The van der Waals surface area contributed by atoms with E-state index in [9.17, 15) is 18.0 Å². The van der Waals surface area contributed by atoms with E-state index in [2.05, 4.69) is 10.1 Å². The minimum atomic E-state index is -1.26. The van der Waals surface area contributed by atoms with E-state index >= 15 is 0 Å². The number of esters is 1. The van der Waals surface area contributed by atoms with Crippen molar-refractivity contribution in [3.8, 4) is 0 Å². The summed E-state index contributed by atoms with van der Waals surface area (Å²) < 4.78 is 43.4. The van der Waals surface area contributed by atoms with E-state index in [0.29, 0.717) is 6.07 Å². The number of carbonyl (C=O) groups is 1. The molecule has 3 nitrogen and oxygen atoms in total. The van der Waals surface area contributed by atoms with Gasteiger partial charge in [0, 0.05) is 12.5 Å². The van der Waals surface area contributed by atoms with Gasteiger partial charge in [-0.15, -0.1) is 0 Å². The first-order valence-electron chi connectivity index (χ1n) is 4.88. The number of hydrogen-bond donors (Lipinski definition) is 1. The standard InChI is InChI=1S/C11H12F3NO2/c1-15-10(11(16)17-2)4-6-3-8(13)9(14)5-7(6)12/h3,5,10,15H,4H2,1-2H3/t10-/m1/s1. The zero-order chi connectivity index (χ0) is 13.0. The summed E-state index contributed by atoms with van der Waals surface area (Å²) in [6.07, 6.45) is -0.119. The Morgan fingerprint density at radius 2 is 1.88 bits per heavy atom. The molecule has 0 amide bonds. The smallest absolute Gasteiger partial charge is 0.323 e. The molecule has 0 radical (unpaired) electrons. The maximum atomic E-state index is 13.3. The van der Waals surface area contributed by atoms with Gasteiger partial charge in [0.05, 0.1) is 7.11 Å². The van der Waals surface area contributed by atoms with Gasteiger partial charge in [0.25, 0.3) is 0 Å². The van der Waals surface area contributed by atoms with Crippen molar-refractivity contribution in [3.05, 3.63) is 35.1 Å². The molecule has 0 aliphatic carbocycles. The monoisotopic (exact) mass is 247 g/mol. The van der Waals surface area contributed by atoms with Gasteiger partial charge in [0.1, 0.15) is 11.9 Å². The van der Waals surface area contributed by atoms with Crippen LogP contribution in [0.25, 0.3) is 0 Å². The highest BCUT2D eigenvalue weighted by atomic mass is 19.2. The first kappa shape index (κ1) is 13.5. The first-order valence-corrected chi connectivity index (χ1v) is 4.88. The van der Waals surface area contributed by atoms with E-state index in [4.69, 9.17) is 0 Å². The number of likely N-dealkylation sites (N-methyl/N-ethyl adjacent to an activating group) is 1. The largest absolute Gasteiger partial charge is 0.468 e. The Morgan fingerprint density at radius 1 is 1.29 bits per heavy atom. The lowest BCUT2D eigenvalue weighted by Gasteiger charge is -2.14. The zero-order valence-electron chi connectivity index (χ0n) is 9.39. The molecule has 0 fully saturated rings. The number of methoxy groups -OCH3 is 1. The van der Waals surface area contributed by atoms with E-state index < -0.39 is 29.5 Å². The quantitative estimate of drug-likeness (QED) is 0.645. The fourth-order valence-corrected chi connectivity index (χ4v) is 1.39. The number of halogens is 3. The number of carbonyl (C=O) groups excluding carboxylic acids is 1. The third-order valence-electron chi connectivity index (χ3n) is 2.35. The summed E-state index contributed by atoms with van der Waals surface area (Å²) in [4.78, 5) is 11.2. The van der Waals surface area contributed by atoms with Crippen LogP contribution < -0.4 is 5.32 Å². The lowest BCUT2D eigenvalue weighted by Crippen LogP contribution is -2.37. The lowest BCUT2D eigenvalue weighted by atomic mass is 10.1. The maximum Gasteiger partial charge on any atom is 0.323 e. The van der Waals surface area contributed by atoms with Gasteiger partial charge in [-0.05, 0) is 18.7 Å². The highest BCUT2D eigenvalue weighted by molar-refractivity contribution is 5.76. The van der Waals surface area contributed by atoms with Crippen molar-refractivity contribution in [1.29, 1.82) is 0 Å². The molecule has 17 heavy (non-hydrogen) atoms. The van der Waals surface area contributed by atoms with Crippen LogP contribution in [0.2, 0.25) is 0 Å². The van der Waals surface area contributed by atoms with Crippen molar-refractivity contribution in [3.63, 3.8) is 0 Å². The SMILES string of the molecule is CN[C@H](Cc1cc(F)c(F)cc1F)C(=O)OC. The van der Waals surface area contributed by atoms with Crippen LogP contribution in [0.3, 0.4) is 0 Å². The van der Waals surface area contributed by atoms with Crippen LogP contribution in [0.4, 0.5) is 13.2 Å². The van der Waals surface area contributed by atoms with E-state index in [1.54, 1.807) is 0 Å². The molecule has 0 saturated heterocycles. The molecule has 1 rings (SSSR count). The third kappa shape index (κ3) is 3.20. The predicted octanol–water partition coefficient (Wildman–Crippen LogP) is 1.41. The van der Waals surface area contributed by atoms with Crippen LogP contribution in [-0.2, 0) is 16.0 Å². The molecule has 0 spiro atoms. The zero-order valence-corrected chi connectivity index (χ0v) is 9.39. The molecule has 94 valence electrons. The number of hydrogen-bond acceptors (Lipinski definition) is 3. The average Bonchev–Trinajstić information content (AvgIpc) is 2.31. The second kappa shape index (κ2) is 5.67. The molecule has 0 heterocycles. The molecule has 0 aliphatic rings. The Labute approximate surface area is 96.6 Å². The molecule has 1 aromatic carbocycles. The Kier molecular flexibility index (Phi) is 4.51. The van der Waals surface area contributed by atoms with Crippen molar-refractivity contribution in [2.75, 3.05) is 14.2 Å².